The van der Waals surface area contributed by atoms with Crippen LogP contribution >= 0.6 is 0 Å². The molecule has 0 spiro atoms. The maximum absolute atomic E-state index is 12.3. The second-order valence-electron chi connectivity index (χ2n) is 5.52. The quantitative estimate of drug-likeness (QED) is 0.901. The number of rotatable bonds is 4. The summed E-state index contributed by atoms with van der Waals surface area (Å²) in [5, 5.41) is 12.2. The van der Waals surface area contributed by atoms with Crippen molar-refractivity contribution < 1.29 is 14.7 Å². The molecule has 1 fully saturated rings. The molecule has 0 bridgehead atoms. The minimum Gasteiger partial charge on any atom is -0.504 e. The van der Waals surface area contributed by atoms with Gasteiger partial charge in [-0.3, -0.25) is 9.59 Å². The Morgan fingerprint density at radius 3 is 2.78 bits per heavy atom. The number of carbonyl (C=O) groups excluding carboxylic acids is 2. The number of aromatic nitrogens is 1. The van der Waals surface area contributed by atoms with Gasteiger partial charge in [0.15, 0.2) is 11.6 Å². The molecule has 2 amide bonds. The molecule has 3 rings (SSSR count). The fraction of sp³-hybridized carbons (Fsp3) is 0.235. The van der Waals surface area contributed by atoms with E-state index in [1.54, 1.807) is 11.0 Å². The van der Waals surface area contributed by atoms with E-state index in [-0.39, 0.29) is 29.8 Å². The number of nitrogens with zero attached hydrogens (tertiary/aromatic N) is 2. The van der Waals surface area contributed by atoms with Gasteiger partial charge in [0.25, 0.3) is 0 Å². The minimum atomic E-state index is -0.437. The standard InChI is InChI=1S/C17H17N3O3/c21-14-7-4-8-18-16(14)19-17(23)13-9-15(22)20(11-13)10-12-5-2-1-3-6-12/h1-8,13,21H,9-11H2,(H,18,19,23)/t13-/m0/s1. The second-order valence-corrected chi connectivity index (χ2v) is 5.52. The van der Waals surface area contributed by atoms with Gasteiger partial charge >= 0.3 is 0 Å². The van der Waals surface area contributed by atoms with Crippen LogP contribution in [0.4, 0.5) is 5.82 Å². The van der Waals surface area contributed by atoms with Crippen molar-refractivity contribution in [1.82, 2.24) is 9.88 Å². The molecule has 0 radical (unpaired) electrons. The Balaban J connectivity index is 1.63. The summed E-state index contributed by atoms with van der Waals surface area (Å²) in [5.41, 5.74) is 1.03. The summed E-state index contributed by atoms with van der Waals surface area (Å²) >= 11 is 0. The first kappa shape index (κ1) is 15.0. The van der Waals surface area contributed by atoms with Crippen LogP contribution in [-0.2, 0) is 16.1 Å². The van der Waals surface area contributed by atoms with Crippen LogP contribution in [0.2, 0.25) is 0 Å². The first-order chi connectivity index (χ1) is 11.1. The van der Waals surface area contributed by atoms with Gasteiger partial charge in [-0.2, -0.15) is 0 Å². The molecule has 0 aliphatic carbocycles. The van der Waals surface area contributed by atoms with E-state index in [4.69, 9.17) is 0 Å². The number of likely N-dealkylation sites (tertiary alicyclic amines) is 1. The van der Waals surface area contributed by atoms with Gasteiger partial charge in [-0.25, -0.2) is 4.98 Å². The summed E-state index contributed by atoms with van der Waals surface area (Å²) in [6.07, 6.45) is 1.66. The van der Waals surface area contributed by atoms with Crippen LogP contribution in [0.3, 0.4) is 0 Å². The highest BCUT2D eigenvalue weighted by Crippen LogP contribution is 2.24. The highest BCUT2D eigenvalue weighted by atomic mass is 16.3. The molecule has 0 saturated carbocycles. The highest BCUT2D eigenvalue weighted by Gasteiger charge is 2.34. The maximum Gasteiger partial charge on any atom is 0.231 e. The summed E-state index contributed by atoms with van der Waals surface area (Å²) in [5.74, 6) is -0.757. The molecule has 23 heavy (non-hydrogen) atoms. The average Bonchev–Trinajstić information content (AvgIpc) is 2.92. The zero-order valence-corrected chi connectivity index (χ0v) is 12.5. The van der Waals surface area contributed by atoms with Crippen molar-refractivity contribution >= 4 is 17.6 Å². The number of nitrogens with one attached hydrogen (secondary N) is 1. The Bertz CT molecular complexity index is 718. The van der Waals surface area contributed by atoms with E-state index in [2.05, 4.69) is 10.3 Å². The van der Waals surface area contributed by atoms with Crippen LogP contribution in [0.25, 0.3) is 0 Å². The SMILES string of the molecule is O=C(Nc1ncccc1O)[C@H]1CC(=O)N(Cc2ccccc2)C1. The molecule has 118 valence electrons. The van der Waals surface area contributed by atoms with E-state index in [9.17, 15) is 14.7 Å². The van der Waals surface area contributed by atoms with Crippen LogP contribution in [0.5, 0.6) is 5.75 Å². The Morgan fingerprint density at radius 1 is 1.26 bits per heavy atom. The van der Waals surface area contributed by atoms with E-state index >= 15 is 0 Å². The first-order valence-corrected chi connectivity index (χ1v) is 7.40. The molecule has 2 aromatic rings. The van der Waals surface area contributed by atoms with Gasteiger partial charge in [0.05, 0.1) is 5.92 Å². The summed E-state index contributed by atoms with van der Waals surface area (Å²) in [4.78, 5) is 30.0. The zero-order chi connectivity index (χ0) is 16.2. The number of benzene rings is 1. The molecule has 6 nitrogen and oxygen atoms in total. The van der Waals surface area contributed by atoms with Crippen LogP contribution < -0.4 is 5.32 Å². The Labute approximate surface area is 133 Å². The Kier molecular flexibility index (Phi) is 4.23. The van der Waals surface area contributed by atoms with Crippen LogP contribution in [0, 0.1) is 5.92 Å². The van der Waals surface area contributed by atoms with Gasteiger partial charge in [-0.1, -0.05) is 30.3 Å². The molecule has 1 saturated heterocycles. The third kappa shape index (κ3) is 3.48. The largest absolute Gasteiger partial charge is 0.504 e. The summed E-state index contributed by atoms with van der Waals surface area (Å²) in [6.45, 7) is 0.867. The number of hydrogen-bond acceptors (Lipinski definition) is 4. The minimum absolute atomic E-state index is 0.0424. The number of hydrogen-bond donors (Lipinski definition) is 2. The van der Waals surface area contributed by atoms with Crippen molar-refractivity contribution in [2.75, 3.05) is 11.9 Å². The normalized spacial score (nSPS) is 17.3. The number of anilines is 1. The van der Waals surface area contributed by atoms with Gasteiger partial charge in [0, 0.05) is 25.7 Å². The van der Waals surface area contributed by atoms with E-state index in [1.165, 1.54) is 12.3 Å². The van der Waals surface area contributed by atoms with Crippen molar-refractivity contribution in [1.29, 1.82) is 0 Å². The fourth-order valence-corrected chi connectivity index (χ4v) is 2.62. The molecule has 2 heterocycles. The van der Waals surface area contributed by atoms with Gasteiger partial charge in [0.2, 0.25) is 11.8 Å². The van der Waals surface area contributed by atoms with Gasteiger partial charge in [-0.05, 0) is 17.7 Å². The lowest BCUT2D eigenvalue weighted by Gasteiger charge is -2.16. The molecular formula is C17H17N3O3. The molecule has 1 atom stereocenters. The van der Waals surface area contributed by atoms with Crippen LogP contribution in [0.1, 0.15) is 12.0 Å². The van der Waals surface area contributed by atoms with E-state index in [1.807, 2.05) is 30.3 Å². The summed E-state index contributed by atoms with van der Waals surface area (Å²) in [6, 6.07) is 12.7. The van der Waals surface area contributed by atoms with E-state index in [0.717, 1.165) is 5.56 Å². The van der Waals surface area contributed by atoms with Crippen molar-refractivity contribution in [3.8, 4) is 5.75 Å². The lowest BCUT2D eigenvalue weighted by molar-refractivity contribution is -0.128. The first-order valence-electron chi connectivity index (χ1n) is 7.40. The summed E-state index contributed by atoms with van der Waals surface area (Å²) < 4.78 is 0. The van der Waals surface area contributed by atoms with Crippen molar-refractivity contribution in [2.45, 2.75) is 13.0 Å². The maximum atomic E-state index is 12.3. The Morgan fingerprint density at radius 2 is 2.04 bits per heavy atom. The molecule has 1 aliphatic rings. The van der Waals surface area contributed by atoms with Gasteiger partial charge in [-0.15, -0.1) is 0 Å². The number of carbonyl (C=O) groups is 2. The fourth-order valence-electron chi connectivity index (χ4n) is 2.62. The summed E-state index contributed by atoms with van der Waals surface area (Å²) in [7, 11) is 0. The number of pyridine rings is 1. The highest BCUT2D eigenvalue weighted by molar-refractivity contribution is 5.97. The topological polar surface area (TPSA) is 82.5 Å². The molecule has 1 aromatic heterocycles. The van der Waals surface area contributed by atoms with Crippen molar-refractivity contribution in [2.24, 2.45) is 5.92 Å². The monoisotopic (exact) mass is 311 g/mol. The molecule has 1 aromatic carbocycles. The van der Waals surface area contributed by atoms with Gasteiger partial charge < -0.3 is 15.3 Å². The molecule has 1 aliphatic heterocycles. The van der Waals surface area contributed by atoms with Crippen LogP contribution in [0.15, 0.2) is 48.7 Å². The second kappa shape index (κ2) is 6.48. The van der Waals surface area contributed by atoms with E-state index in [0.29, 0.717) is 13.1 Å². The van der Waals surface area contributed by atoms with Crippen LogP contribution in [-0.4, -0.2) is 33.3 Å². The lowest BCUT2D eigenvalue weighted by Crippen LogP contribution is -2.28. The lowest BCUT2D eigenvalue weighted by atomic mass is 10.1. The number of aromatic hydroxyl groups is 1. The third-order valence-electron chi connectivity index (χ3n) is 3.83. The predicted octanol–water partition coefficient (Wildman–Crippen LogP) is 1.77. The smallest absolute Gasteiger partial charge is 0.231 e. The number of amides is 2. The van der Waals surface area contributed by atoms with Crippen molar-refractivity contribution in [3.05, 3.63) is 54.2 Å². The third-order valence-corrected chi connectivity index (χ3v) is 3.83. The van der Waals surface area contributed by atoms with E-state index < -0.39 is 5.92 Å². The zero-order valence-electron chi connectivity index (χ0n) is 12.5. The Hall–Kier alpha value is -2.89. The molecule has 6 heteroatoms. The predicted molar refractivity (Wildman–Crippen MR) is 84.5 cm³/mol. The van der Waals surface area contributed by atoms with Crippen molar-refractivity contribution in [3.63, 3.8) is 0 Å². The molecular weight excluding hydrogens is 294 g/mol. The molecule has 0 unspecified atom stereocenters. The molecule has 2 N–H and O–H groups in total. The van der Waals surface area contributed by atoms with Gasteiger partial charge in [0.1, 0.15) is 0 Å². The average molecular weight is 311 g/mol.